The zero-order chi connectivity index (χ0) is 13.2. The number of nitrogens with two attached hydrogens (primary N) is 1. The second-order valence-corrected chi connectivity index (χ2v) is 7.70. The molecule has 2 unspecified atom stereocenters. The molecular formula is C13H18ClNO2S. The molecule has 0 bridgehead atoms. The van der Waals surface area contributed by atoms with Crippen LogP contribution in [0.4, 0.5) is 0 Å². The Morgan fingerprint density at radius 3 is 2.72 bits per heavy atom. The molecule has 0 aromatic heterocycles. The van der Waals surface area contributed by atoms with Gasteiger partial charge in [-0.3, -0.25) is 0 Å². The number of rotatable bonds is 4. The lowest BCUT2D eigenvalue weighted by Crippen LogP contribution is -2.26. The van der Waals surface area contributed by atoms with Crippen molar-refractivity contribution in [2.45, 2.75) is 25.3 Å². The zero-order valence-electron chi connectivity index (χ0n) is 10.2. The maximum atomic E-state index is 11.4. The lowest BCUT2D eigenvalue weighted by atomic mass is 9.95. The Labute approximate surface area is 113 Å². The molecule has 0 amide bonds. The van der Waals surface area contributed by atoms with Crippen LogP contribution >= 0.6 is 11.6 Å². The van der Waals surface area contributed by atoms with Crippen molar-refractivity contribution in [3.05, 3.63) is 34.9 Å². The minimum atomic E-state index is -2.80. The molecule has 0 spiro atoms. The van der Waals surface area contributed by atoms with E-state index in [1.165, 1.54) is 0 Å². The van der Waals surface area contributed by atoms with Crippen molar-refractivity contribution < 1.29 is 8.42 Å². The molecule has 1 aromatic rings. The number of hydrogen-bond donors (Lipinski definition) is 1. The van der Waals surface area contributed by atoms with Crippen molar-refractivity contribution in [1.82, 2.24) is 0 Å². The van der Waals surface area contributed by atoms with Crippen LogP contribution in [0.3, 0.4) is 0 Å². The second-order valence-electron chi connectivity index (χ2n) is 5.06. The van der Waals surface area contributed by atoms with Crippen LogP contribution in [0.25, 0.3) is 0 Å². The molecule has 1 heterocycles. The third kappa shape index (κ3) is 3.70. The molecule has 1 saturated heterocycles. The van der Waals surface area contributed by atoms with Crippen LogP contribution in [0.15, 0.2) is 24.3 Å². The summed E-state index contributed by atoms with van der Waals surface area (Å²) in [7, 11) is -2.80. The summed E-state index contributed by atoms with van der Waals surface area (Å²) >= 11 is 6.08. The van der Waals surface area contributed by atoms with Gasteiger partial charge in [0, 0.05) is 11.1 Å². The first-order chi connectivity index (χ1) is 8.46. The average molecular weight is 288 g/mol. The summed E-state index contributed by atoms with van der Waals surface area (Å²) in [6.07, 6.45) is 2.21. The average Bonchev–Trinajstić information content (AvgIpc) is 2.61. The van der Waals surface area contributed by atoms with E-state index in [1.54, 1.807) is 0 Å². The Kier molecular flexibility index (Phi) is 4.30. The van der Waals surface area contributed by atoms with E-state index >= 15 is 0 Å². The van der Waals surface area contributed by atoms with Crippen LogP contribution in [-0.4, -0.2) is 26.0 Å². The summed E-state index contributed by atoms with van der Waals surface area (Å²) in [5.74, 6) is 0.826. The highest BCUT2D eigenvalue weighted by Crippen LogP contribution is 2.24. The van der Waals surface area contributed by atoms with Crippen LogP contribution in [0.1, 0.15) is 18.4 Å². The molecule has 0 aliphatic carbocycles. The molecule has 0 radical (unpaired) electrons. The van der Waals surface area contributed by atoms with Crippen LogP contribution < -0.4 is 5.73 Å². The van der Waals surface area contributed by atoms with Crippen molar-refractivity contribution >= 4 is 21.4 Å². The standard InChI is InChI=1S/C13H18ClNO2S/c14-13-4-2-1-3-11(13)8-12(15)7-10-5-6-18(16,17)9-10/h1-4,10,12H,5-9,15H2. The molecule has 2 N–H and O–H groups in total. The molecule has 2 atom stereocenters. The van der Waals surface area contributed by atoms with E-state index in [9.17, 15) is 8.42 Å². The van der Waals surface area contributed by atoms with Crippen LogP contribution in [-0.2, 0) is 16.3 Å². The summed E-state index contributed by atoms with van der Waals surface area (Å²) in [4.78, 5) is 0. The summed E-state index contributed by atoms with van der Waals surface area (Å²) < 4.78 is 22.7. The van der Waals surface area contributed by atoms with Gasteiger partial charge in [-0.25, -0.2) is 8.42 Å². The highest BCUT2D eigenvalue weighted by molar-refractivity contribution is 7.91. The van der Waals surface area contributed by atoms with Crippen LogP contribution in [0, 0.1) is 5.92 Å². The Balaban J connectivity index is 1.90. The van der Waals surface area contributed by atoms with Gasteiger partial charge in [-0.1, -0.05) is 29.8 Å². The van der Waals surface area contributed by atoms with Gasteiger partial charge in [-0.05, 0) is 36.8 Å². The minimum Gasteiger partial charge on any atom is -0.327 e. The highest BCUT2D eigenvalue weighted by atomic mass is 35.5. The first-order valence-electron chi connectivity index (χ1n) is 6.16. The van der Waals surface area contributed by atoms with E-state index in [4.69, 9.17) is 17.3 Å². The van der Waals surface area contributed by atoms with Gasteiger partial charge in [0.2, 0.25) is 0 Å². The maximum Gasteiger partial charge on any atom is 0.150 e. The molecule has 1 aliphatic heterocycles. The predicted octanol–water partition coefficient (Wildman–Crippen LogP) is 2.03. The van der Waals surface area contributed by atoms with Gasteiger partial charge in [-0.2, -0.15) is 0 Å². The summed E-state index contributed by atoms with van der Waals surface area (Å²) in [5, 5.41) is 0.729. The van der Waals surface area contributed by atoms with Gasteiger partial charge in [-0.15, -0.1) is 0 Å². The summed E-state index contributed by atoms with van der Waals surface area (Å²) in [6.45, 7) is 0. The minimum absolute atomic E-state index is 0.0248. The summed E-state index contributed by atoms with van der Waals surface area (Å²) in [6, 6.07) is 7.62. The molecule has 5 heteroatoms. The second kappa shape index (κ2) is 5.59. The molecular weight excluding hydrogens is 270 g/mol. The van der Waals surface area contributed by atoms with Crippen molar-refractivity contribution in [3.63, 3.8) is 0 Å². The number of hydrogen-bond acceptors (Lipinski definition) is 3. The molecule has 2 rings (SSSR count). The largest absolute Gasteiger partial charge is 0.327 e. The quantitative estimate of drug-likeness (QED) is 0.922. The Morgan fingerprint density at radius 2 is 2.11 bits per heavy atom. The molecule has 0 saturated carbocycles. The third-order valence-electron chi connectivity index (χ3n) is 3.40. The van der Waals surface area contributed by atoms with Gasteiger partial charge >= 0.3 is 0 Å². The fourth-order valence-electron chi connectivity index (χ4n) is 2.52. The highest BCUT2D eigenvalue weighted by Gasteiger charge is 2.29. The van der Waals surface area contributed by atoms with Crippen molar-refractivity contribution in [3.8, 4) is 0 Å². The maximum absolute atomic E-state index is 11.4. The number of sulfone groups is 1. The topological polar surface area (TPSA) is 60.2 Å². The summed E-state index contributed by atoms with van der Waals surface area (Å²) in [5.41, 5.74) is 7.12. The van der Waals surface area contributed by atoms with E-state index in [-0.39, 0.29) is 12.0 Å². The van der Waals surface area contributed by atoms with Gasteiger partial charge in [0.25, 0.3) is 0 Å². The smallest absolute Gasteiger partial charge is 0.150 e. The fourth-order valence-corrected chi connectivity index (χ4v) is 4.61. The first kappa shape index (κ1) is 13.8. The van der Waals surface area contributed by atoms with E-state index in [0.29, 0.717) is 17.9 Å². The molecule has 3 nitrogen and oxygen atoms in total. The Hall–Kier alpha value is -0.580. The number of halogens is 1. The normalized spacial score (nSPS) is 24.0. The Morgan fingerprint density at radius 1 is 1.39 bits per heavy atom. The third-order valence-corrected chi connectivity index (χ3v) is 5.61. The molecule has 18 heavy (non-hydrogen) atoms. The van der Waals surface area contributed by atoms with Crippen molar-refractivity contribution in [2.24, 2.45) is 11.7 Å². The number of benzene rings is 1. The van der Waals surface area contributed by atoms with Crippen LogP contribution in [0.2, 0.25) is 5.02 Å². The van der Waals surface area contributed by atoms with Crippen molar-refractivity contribution in [1.29, 1.82) is 0 Å². The zero-order valence-corrected chi connectivity index (χ0v) is 11.8. The van der Waals surface area contributed by atoms with E-state index in [1.807, 2.05) is 24.3 Å². The fraction of sp³-hybridized carbons (Fsp3) is 0.538. The molecule has 1 aromatic carbocycles. The lowest BCUT2D eigenvalue weighted by Gasteiger charge is -2.16. The lowest BCUT2D eigenvalue weighted by molar-refractivity contribution is 0.468. The van der Waals surface area contributed by atoms with E-state index in [2.05, 4.69) is 0 Å². The predicted molar refractivity (Wildman–Crippen MR) is 74.5 cm³/mol. The molecule has 1 fully saturated rings. The monoisotopic (exact) mass is 287 g/mol. The van der Waals surface area contributed by atoms with Crippen LogP contribution in [0.5, 0.6) is 0 Å². The molecule has 100 valence electrons. The van der Waals surface area contributed by atoms with E-state index < -0.39 is 9.84 Å². The van der Waals surface area contributed by atoms with E-state index in [0.717, 1.165) is 23.4 Å². The van der Waals surface area contributed by atoms with Gasteiger partial charge in [0.1, 0.15) is 0 Å². The van der Waals surface area contributed by atoms with Crippen molar-refractivity contribution in [2.75, 3.05) is 11.5 Å². The van der Waals surface area contributed by atoms with Gasteiger partial charge < -0.3 is 5.73 Å². The SMILES string of the molecule is NC(Cc1ccccc1Cl)CC1CCS(=O)(=O)C1. The molecule has 1 aliphatic rings. The Bertz CT molecular complexity index is 515. The van der Waals surface area contributed by atoms with Gasteiger partial charge in [0.05, 0.1) is 11.5 Å². The first-order valence-corrected chi connectivity index (χ1v) is 8.35. The van der Waals surface area contributed by atoms with Gasteiger partial charge in [0.15, 0.2) is 9.84 Å².